The fourth-order valence-electron chi connectivity index (χ4n) is 2.69. The van der Waals surface area contributed by atoms with Gasteiger partial charge in [0, 0.05) is 12.2 Å². The Balaban J connectivity index is 2.04. The maximum Gasteiger partial charge on any atom is 0.254 e. The number of carbonyl (C=O) groups is 1. The van der Waals surface area contributed by atoms with E-state index in [2.05, 4.69) is 17.2 Å². The minimum absolute atomic E-state index is 0.0987. The maximum atomic E-state index is 12.2. The third kappa shape index (κ3) is 3.02. The van der Waals surface area contributed by atoms with E-state index in [0.717, 1.165) is 12.8 Å². The second-order valence-electron chi connectivity index (χ2n) is 4.87. The molecular formula is C14H19ClN2O. The Bertz CT molecular complexity index is 422. The van der Waals surface area contributed by atoms with Gasteiger partial charge in [0.25, 0.3) is 5.91 Å². The van der Waals surface area contributed by atoms with Crippen LogP contribution in [0.25, 0.3) is 0 Å². The molecular weight excluding hydrogens is 248 g/mol. The lowest BCUT2D eigenvalue weighted by atomic mass is 9.83. The van der Waals surface area contributed by atoms with Crippen LogP contribution in [0.15, 0.2) is 18.3 Å². The van der Waals surface area contributed by atoms with Crippen LogP contribution < -0.4 is 5.32 Å². The number of pyridine rings is 1. The summed E-state index contributed by atoms with van der Waals surface area (Å²) in [5.41, 5.74) is 0.472. The highest BCUT2D eigenvalue weighted by molar-refractivity contribution is 6.32. The van der Waals surface area contributed by atoms with Gasteiger partial charge in [0.15, 0.2) is 0 Å². The predicted octanol–water partition coefficient (Wildman–Crippen LogP) is 3.43. The van der Waals surface area contributed by atoms with Gasteiger partial charge in [0.1, 0.15) is 5.15 Å². The van der Waals surface area contributed by atoms with Crippen molar-refractivity contribution in [2.24, 2.45) is 5.92 Å². The van der Waals surface area contributed by atoms with Crippen LogP contribution in [0.4, 0.5) is 0 Å². The summed E-state index contributed by atoms with van der Waals surface area (Å²) in [4.78, 5) is 16.1. The molecule has 0 bridgehead atoms. The Morgan fingerprint density at radius 3 is 3.00 bits per heavy atom. The topological polar surface area (TPSA) is 42.0 Å². The first-order valence-electron chi connectivity index (χ1n) is 6.63. The number of nitrogens with zero attached hydrogens (tertiary/aromatic N) is 1. The van der Waals surface area contributed by atoms with E-state index < -0.39 is 0 Å². The van der Waals surface area contributed by atoms with Crippen LogP contribution in [0.2, 0.25) is 5.15 Å². The van der Waals surface area contributed by atoms with Gasteiger partial charge >= 0.3 is 0 Å². The summed E-state index contributed by atoms with van der Waals surface area (Å²) in [6, 6.07) is 3.74. The van der Waals surface area contributed by atoms with E-state index in [1.54, 1.807) is 18.3 Å². The molecule has 2 rings (SSSR count). The molecule has 1 aliphatic rings. The second-order valence-corrected chi connectivity index (χ2v) is 5.23. The largest absolute Gasteiger partial charge is 0.349 e. The second kappa shape index (κ2) is 6.19. The first-order chi connectivity index (χ1) is 8.72. The van der Waals surface area contributed by atoms with Crippen molar-refractivity contribution >= 4 is 17.5 Å². The number of halogens is 1. The minimum atomic E-state index is -0.0987. The van der Waals surface area contributed by atoms with Crippen LogP contribution in [0.1, 0.15) is 49.4 Å². The Kier molecular flexibility index (Phi) is 4.59. The molecule has 2 atom stereocenters. The average Bonchev–Trinajstić information content (AvgIpc) is 2.39. The molecule has 98 valence electrons. The van der Waals surface area contributed by atoms with Gasteiger partial charge in [-0.3, -0.25) is 4.79 Å². The summed E-state index contributed by atoms with van der Waals surface area (Å²) in [7, 11) is 0. The Labute approximate surface area is 113 Å². The fourth-order valence-corrected chi connectivity index (χ4v) is 2.89. The smallest absolute Gasteiger partial charge is 0.254 e. The quantitative estimate of drug-likeness (QED) is 0.852. The van der Waals surface area contributed by atoms with Crippen molar-refractivity contribution < 1.29 is 4.79 Å². The normalized spacial score (nSPS) is 23.7. The van der Waals surface area contributed by atoms with Gasteiger partial charge in [-0.25, -0.2) is 4.98 Å². The highest BCUT2D eigenvalue weighted by Gasteiger charge is 2.25. The van der Waals surface area contributed by atoms with Crippen LogP contribution in [0.3, 0.4) is 0 Å². The first kappa shape index (κ1) is 13.3. The molecule has 1 fully saturated rings. The van der Waals surface area contributed by atoms with Crippen molar-refractivity contribution in [1.82, 2.24) is 10.3 Å². The van der Waals surface area contributed by atoms with Gasteiger partial charge < -0.3 is 5.32 Å². The lowest BCUT2D eigenvalue weighted by Crippen LogP contribution is -2.42. The fraction of sp³-hybridized carbons (Fsp3) is 0.571. The number of aromatic nitrogens is 1. The molecule has 0 spiro atoms. The zero-order chi connectivity index (χ0) is 13.0. The van der Waals surface area contributed by atoms with Gasteiger partial charge in [-0.05, 0) is 30.9 Å². The maximum absolute atomic E-state index is 12.2. The standard InChI is InChI=1S/C14H19ClN2O/c1-2-10-6-3-4-8-12(10)17-14(18)11-7-5-9-16-13(11)15/h5,7,9-10,12H,2-4,6,8H2,1H3,(H,17,18). The van der Waals surface area contributed by atoms with E-state index in [9.17, 15) is 4.79 Å². The zero-order valence-corrected chi connectivity index (χ0v) is 11.4. The van der Waals surface area contributed by atoms with Gasteiger partial charge in [-0.15, -0.1) is 0 Å². The number of carbonyl (C=O) groups excluding carboxylic acids is 1. The summed E-state index contributed by atoms with van der Waals surface area (Å²) in [6.45, 7) is 2.19. The molecule has 0 saturated heterocycles. The van der Waals surface area contributed by atoms with Crippen LogP contribution in [-0.2, 0) is 0 Å². The summed E-state index contributed by atoms with van der Waals surface area (Å²) in [5.74, 6) is 0.497. The van der Waals surface area contributed by atoms with Gasteiger partial charge in [0.05, 0.1) is 5.56 Å². The van der Waals surface area contributed by atoms with E-state index in [-0.39, 0.29) is 17.1 Å². The number of hydrogen-bond donors (Lipinski definition) is 1. The third-order valence-corrected chi connectivity index (χ3v) is 4.05. The third-order valence-electron chi connectivity index (χ3n) is 3.75. The highest BCUT2D eigenvalue weighted by atomic mass is 35.5. The Morgan fingerprint density at radius 2 is 2.28 bits per heavy atom. The number of amides is 1. The predicted molar refractivity (Wildman–Crippen MR) is 72.8 cm³/mol. The van der Waals surface area contributed by atoms with Crippen LogP contribution in [0.5, 0.6) is 0 Å². The summed E-state index contributed by atoms with van der Waals surface area (Å²) in [6.07, 6.45) is 7.46. The molecule has 0 aromatic carbocycles. The first-order valence-corrected chi connectivity index (χ1v) is 7.01. The van der Waals surface area contributed by atoms with Crippen LogP contribution in [-0.4, -0.2) is 16.9 Å². The number of rotatable bonds is 3. The molecule has 1 saturated carbocycles. The van der Waals surface area contributed by atoms with Crippen molar-refractivity contribution in [3.63, 3.8) is 0 Å². The zero-order valence-electron chi connectivity index (χ0n) is 10.7. The molecule has 1 aliphatic carbocycles. The molecule has 0 radical (unpaired) electrons. The summed E-state index contributed by atoms with van der Waals surface area (Å²) in [5, 5.41) is 3.39. The SMILES string of the molecule is CCC1CCCCC1NC(=O)c1cccnc1Cl. The van der Waals surface area contributed by atoms with Crippen LogP contribution in [0, 0.1) is 5.92 Å². The molecule has 3 nitrogen and oxygen atoms in total. The van der Waals surface area contributed by atoms with Gasteiger partial charge in [-0.1, -0.05) is 37.8 Å². The molecule has 0 aliphatic heterocycles. The molecule has 4 heteroatoms. The minimum Gasteiger partial charge on any atom is -0.349 e. The molecule has 1 N–H and O–H groups in total. The van der Waals surface area contributed by atoms with Crippen molar-refractivity contribution in [2.45, 2.75) is 45.1 Å². The molecule has 1 heterocycles. The number of nitrogens with one attached hydrogen (secondary N) is 1. The van der Waals surface area contributed by atoms with Crippen LogP contribution >= 0.6 is 11.6 Å². The van der Waals surface area contributed by atoms with Gasteiger partial charge in [0.2, 0.25) is 0 Å². The lowest BCUT2D eigenvalue weighted by molar-refractivity contribution is 0.0904. The molecule has 1 aromatic rings. The average molecular weight is 267 g/mol. The molecule has 2 unspecified atom stereocenters. The van der Waals surface area contributed by atoms with Crippen molar-refractivity contribution in [3.8, 4) is 0 Å². The Morgan fingerprint density at radius 1 is 1.50 bits per heavy atom. The molecule has 18 heavy (non-hydrogen) atoms. The molecule has 1 aromatic heterocycles. The van der Waals surface area contributed by atoms with Crippen molar-refractivity contribution in [1.29, 1.82) is 0 Å². The van der Waals surface area contributed by atoms with E-state index >= 15 is 0 Å². The monoisotopic (exact) mass is 266 g/mol. The summed E-state index contributed by atoms with van der Waals surface area (Å²) >= 11 is 5.94. The van der Waals surface area contributed by atoms with Crippen molar-refractivity contribution in [3.05, 3.63) is 29.0 Å². The van der Waals surface area contributed by atoms with E-state index in [1.807, 2.05) is 0 Å². The van der Waals surface area contributed by atoms with E-state index in [4.69, 9.17) is 11.6 Å². The lowest BCUT2D eigenvalue weighted by Gasteiger charge is -2.31. The summed E-state index contributed by atoms with van der Waals surface area (Å²) < 4.78 is 0. The van der Waals surface area contributed by atoms with E-state index in [0.29, 0.717) is 11.5 Å². The molecule has 1 amide bonds. The Hall–Kier alpha value is -1.09. The van der Waals surface area contributed by atoms with Crippen molar-refractivity contribution in [2.75, 3.05) is 0 Å². The van der Waals surface area contributed by atoms with E-state index in [1.165, 1.54) is 19.3 Å². The number of hydrogen-bond acceptors (Lipinski definition) is 2. The highest BCUT2D eigenvalue weighted by Crippen LogP contribution is 2.27. The van der Waals surface area contributed by atoms with Gasteiger partial charge in [-0.2, -0.15) is 0 Å².